The molecule has 1 aliphatic rings. The molecule has 0 bridgehead atoms. The number of likely N-dealkylation sites (N-methyl/N-ethyl adjacent to an activating group) is 1. The number of anilines is 1. The highest BCUT2D eigenvalue weighted by molar-refractivity contribution is 7.91. The van der Waals surface area contributed by atoms with Crippen molar-refractivity contribution in [1.29, 1.82) is 0 Å². The van der Waals surface area contributed by atoms with Gasteiger partial charge in [-0.2, -0.15) is 13.5 Å². The molecule has 1 aromatic carbocycles. The van der Waals surface area contributed by atoms with Gasteiger partial charge >= 0.3 is 10.2 Å². The van der Waals surface area contributed by atoms with Crippen LogP contribution < -0.4 is 9.03 Å². The molecule has 3 rings (SSSR count). The number of carbonyl (C=O) groups excluding carboxylic acids is 1. The van der Waals surface area contributed by atoms with E-state index in [0.717, 1.165) is 36.1 Å². The summed E-state index contributed by atoms with van der Waals surface area (Å²) < 4.78 is 32.0. The number of carbonyl (C=O) groups is 1. The number of nitrogens with one attached hydrogen (secondary N) is 1. The lowest BCUT2D eigenvalue weighted by atomic mass is 9.79. The summed E-state index contributed by atoms with van der Waals surface area (Å²) in [5, 5.41) is 4.14. The summed E-state index contributed by atoms with van der Waals surface area (Å²) in [5.41, 5.74) is 3.30. The summed E-state index contributed by atoms with van der Waals surface area (Å²) in [5.74, 6) is -0.551. The molecule has 8 nitrogen and oxygen atoms in total. The Morgan fingerprint density at radius 2 is 1.69 bits per heavy atom. The van der Waals surface area contributed by atoms with E-state index in [2.05, 4.69) is 62.3 Å². The topological polar surface area (TPSA) is 87.5 Å². The summed E-state index contributed by atoms with van der Waals surface area (Å²) in [6.07, 6.45) is 5.08. The number of rotatable bonds is 7. The molecule has 1 amide bonds. The van der Waals surface area contributed by atoms with Crippen LogP contribution in [0.4, 0.5) is 5.69 Å². The largest absolute Gasteiger partial charge is 0.326 e. The molecule has 0 unspecified atom stereocenters. The van der Waals surface area contributed by atoms with Gasteiger partial charge in [0.2, 0.25) is 5.91 Å². The predicted octanol–water partition coefficient (Wildman–Crippen LogP) is 3.52. The van der Waals surface area contributed by atoms with Gasteiger partial charge in [0.1, 0.15) is 0 Å². The van der Waals surface area contributed by atoms with Crippen molar-refractivity contribution >= 4 is 21.8 Å². The fourth-order valence-corrected chi connectivity index (χ4v) is 5.57. The molecule has 9 heteroatoms. The molecule has 0 saturated carbocycles. The van der Waals surface area contributed by atoms with Gasteiger partial charge in [0, 0.05) is 19.3 Å². The van der Waals surface area contributed by atoms with Crippen LogP contribution in [0.3, 0.4) is 0 Å². The number of amides is 1. The van der Waals surface area contributed by atoms with Gasteiger partial charge in [-0.1, -0.05) is 59.7 Å². The van der Waals surface area contributed by atoms with Crippen LogP contribution in [0.15, 0.2) is 30.6 Å². The molecule has 1 N–H and O–H groups in total. The highest BCUT2D eigenvalue weighted by Crippen LogP contribution is 2.30. The van der Waals surface area contributed by atoms with E-state index in [9.17, 15) is 13.2 Å². The predicted molar refractivity (Wildman–Crippen MR) is 141 cm³/mol. The Labute approximate surface area is 210 Å². The summed E-state index contributed by atoms with van der Waals surface area (Å²) in [7, 11) is -0.377. The van der Waals surface area contributed by atoms with Crippen molar-refractivity contribution in [1.82, 2.24) is 19.4 Å². The smallest absolute Gasteiger partial charge is 0.302 e. The Balaban J connectivity index is 1.85. The van der Waals surface area contributed by atoms with Gasteiger partial charge in [-0.3, -0.25) is 9.48 Å². The maximum atomic E-state index is 13.4. The van der Waals surface area contributed by atoms with Crippen LogP contribution in [0.2, 0.25) is 0 Å². The van der Waals surface area contributed by atoms with Gasteiger partial charge in [-0.05, 0) is 54.0 Å². The van der Waals surface area contributed by atoms with Crippen molar-refractivity contribution < 1.29 is 13.2 Å². The van der Waals surface area contributed by atoms with Crippen molar-refractivity contribution in [2.45, 2.75) is 77.7 Å². The lowest BCUT2D eigenvalue weighted by molar-refractivity contribution is -0.118. The highest BCUT2D eigenvalue weighted by atomic mass is 32.2. The van der Waals surface area contributed by atoms with E-state index in [0.29, 0.717) is 5.69 Å². The van der Waals surface area contributed by atoms with Crippen molar-refractivity contribution in [2.24, 2.45) is 7.05 Å². The molecule has 1 atom stereocenters. The minimum absolute atomic E-state index is 0.0174. The first-order valence-electron chi connectivity index (χ1n) is 12.2. The van der Waals surface area contributed by atoms with Gasteiger partial charge < -0.3 is 4.90 Å². The second kappa shape index (κ2) is 9.93. The number of benzene rings is 1. The fourth-order valence-electron chi connectivity index (χ4n) is 4.36. The van der Waals surface area contributed by atoms with E-state index in [4.69, 9.17) is 0 Å². The van der Waals surface area contributed by atoms with Crippen LogP contribution in [-0.4, -0.2) is 55.2 Å². The second-order valence-electron chi connectivity index (χ2n) is 11.8. The van der Waals surface area contributed by atoms with E-state index < -0.39 is 16.1 Å². The third-order valence-corrected chi connectivity index (χ3v) is 8.08. The lowest BCUT2D eigenvalue weighted by Crippen LogP contribution is -2.48. The quantitative estimate of drug-likeness (QED) is 0.625. The Morgan fingerprint density at radius 1 is 1.09 bits per heavy atom. The average molecular weight is 504 g/mol. The van der Waals surface area contributed by atoms with Gasteiger partial charge in [0.15, 0.2) is 0 Å². The molecule has 0 spiro atoms. The summed E-state index contributed by atoms with van der Waals surface area (Å²) >= 11 is 0. The van der Waals surface area contributed by atoms with Crippen LogP contribution in [0.5, 0.6) is 0 Å². The Bertz CT molecular complexity index is 1130. The normalized spacial score (nSPS) is 17.5. The SMILES string of the molecule is CN1CCC[C@@H]1CN(c1cnn(C)c1)S(=O)(=O)NC(=O)Cc1cc(C(C)(C)C)cc(C(C)(C)C)c1. The molecular weight excluding hydrogens is 462 g/mol. The molecular formula is C26H41N5O3S. The third kappa shape index (κ3) is 6.85. The van der Waals surface area contributed by atoms with E-state index in [1.807, 2.05) is 19.2 Å². The van der Waals surface area contributed by atoms with Crippen LogP contribution in [-0.2, 0) is 39.3 Å². The zero-order valence-corrected chi connectivity index (χ0v) is 23.2. The van der Waals surface area contributed by atoms with Crippen LogP contribution in [0.1, 0.15) is 71.1 Å². The molecule has 194 valence electrons. The molecule has 0 radical (unpaired) electrons. The number of likely N-dealkylation sites (tertiary alicyclic amines) is 1. The highest BCUT2D eigenvalue weighted by Gasteiger charge is 2.32. The molecule has 0 aliphatic carbocycles. The lowest BCUT2D eigenvalue weighted by Gasteiger charge is -2.29. The third-order valence-electron chi connectivity index (χ3n) is 6.65. The second-order valence-corrected chi connectivity index (χ2v) is 13.4. The summed E-state index contributed by atoms with van der Waals surface area (Å²) in [4.78, 5) is 15.2. The minimum atomic E-state index is -4.12. The minimum Gasteiger partial charge on any atom is -0.302 e. The number of nitrogens with zero attached hydrogens (tertiary/aromatic N) is 4. The maximum Gasteiger partial charge on any atom is 0.326 e. The average Bonchev–Trinajstić information content (AvgIpc) is 3.31. The first-order chi connectivity index (χ1) is 16.1. The summed E-state index contributed by atoms with van der Waals surface area (Å²) in [6, 6.07) is 6.28. The zero-order chi connectivity index (χ0) is 26.2. The molecule has 1 aliphatic heterocycles. The maximum absolute atomic E-state index is 13.4. The Kier molecular flexibility index (Phi) is 7.72. The number of aryl methyl sites for hydroxylation is 1. The van der Waals surface area contributed by atoms with E-state index >= 15 is 0 Å². The first kappa shape index (κ1) is 27.2. The number of hydrogen-bond donors (Lipinski definition) is 1. The van der Waals surface area contributed by atoms with Crippen molar-refractivity contribution in [3.05, 3.63) is 47.3 Å². The molecule has 2 heterocycles. The van der Waals surface area contributed by atoms with Gasteiger partial charge in [0.25, 0.3) is 0 Å². The Hall–Kier alpha value is -2.39. The Morgan fingerprint density at radius 3 is 2.14 bits per heavy atom. The van der Waals surface area contributed by atoms with Crippen LogP contribution >= 0.6 is 0 Å². The standard InChI is InChI=1S/C26H41N5O3S/c1-25(2,3)20-12-19(13-21(15-20)26(4,5)6)14-24(32)28-35(33,34)31(23-16-27-30(8)17-23)18-22-10-9-11-29(22)7/h12-13,15-17,22H,9-11,14,18H2,1-8H3,(H,28,32)/t22-/m1/s1. The van der Waals surface area contributed by atoms with E-state index in [1.54, 1.807) is 17.9 Å². The summed E-state index contributed by atoms with van der Waals surface area (Å²) in [6.45, 7) is 14.0. The molecule has 2 aromatic rings. The van der Waals surface area contributed by atoms with Crippen molar-refractivity contribution in [2.75, 3.05) is 24.4 Å². The molecule has 1 fully saturated rings. The van der Waals surface area contributed by atoms with Gasteiger partial charge in [-0.15, -0.1) is 0 Å². The molecule has 1 saturated heterocycles. The first-order valence-corrected chi connectivity index (χ1v) is 13.7. The van der Waals surface area contributed by atoms with E-state index in [-0.39, 0.29) is 29.8 Å². The van der Waals surface area contributed by atoms with Crippen molar-refractivity contribution in [3.63, 3.8) is 0 Å². The van der Waals surface area contributed by atoms with Gasteiger partial charge in [0.05, 0.1) is 24.8 Å². The van der Waals surface area contributed by atoms with Crippen LogP contribution in [0.25, 0.3) is 0 Å². The van der Waals surface area contributed by atoms with Gasteiger partial charge in [-0.25, -0.2) is 9.03 Å². The fraction of sp³-hybridized carbons (Fsp3) is 0.615. The van der Waals surface area contributed by atoms with Crippen LogP contribution in [0, 0.1) is 0 Å². The monoisotopic (exact) mass is 503 g/mol. The molecule has 1 aromatic heterocycles. The number of hydrogen-bond acceptors (Lipinski definition) is 5. The molecule has 35 heavy (non-hydrogen) atoms. The zero-order valence-electron chi connectivity index (χ0n) is 22.4. The van der Waals surface area contributed by atoms with E-state index in [1.165, 1.54) is 10.5 Å². The number of aromatic nitrogens is 2. The van der Waals surface area contributed by atoms with Crippen molar-refractivity contribution in [3.8, 4) is 0 Å².